The zero-order valence-electron chi connectivity index (χ0n) is 19.4. The van der Waals surface area contributed by atoms with Crippen molar-refractivity contribution in [1.29, 1.82) is 0 Å². The summed E-state index contributed by atoms with van der Waals surface area (Å²) in [5.74, 6) is -1.26. The summed E-state index contributed by atoms with van der Waals surface area (Å²) < 4.78 is 18.3. The van der Waals surface area contributed by atoms with Crippen molar-refractivity contribution >= 4 is 35.1 Å². The fourth-order valence-corrected chi connectivity index (χ4v) is 4.06. The molecule has 11 heteroatoms. The zero-order chi connectivity index (χ0) is 26.5. The van der Waals surface area contributed by atoms with E-state index in [1.54, 1.807) is 24.3 Å². The molecule has 2 heterocycles. The summed E-state index contributed by atoms with van der Waals surface area (Å²) in [6, 6.07) is 12.3. The van der Waals surface area contributed by atoms with E-state index in [1.165, 1.54) is 41.1 Å². The number of nitrogens with one attached hydrogen (secondary N) is 1. The van der Waals surface area contributed by atoms with Gasteiger partial charge in [0, 0.05) is 28.2 Å². The average Bonchev–Trinajstić information content (AvgIpc) is 3.27. The number of carbonyl (C=O) groups excluding carboxylic acids is 2. The second-order valence-electron chi connectivity index (χ2n) is 8.23. The molecule has 9 nitrogen and oxygen atoms in total. The van der Waals surface area contributed by atoms with Crippen LogP contribution in [0, 0.1) is 0 Å². The number of aromatic nitrogens is 2. The lowest BCUT2D eigenvalue weighted by atomic mass is 10.1. The van der Waals surface area contributed by atoms with E-state index in [1.807, 2.05) is 0 Å². The van der Waals surface area contributed by atoms with Crippen LogP contribution >= 0.6 is 23.2 Å². The number of carbonyl (C=O) groups is 2. The molecule has 37 heavy (non-hydrogen) atoms. The normalized spacial score (nSPS) is 18.8. The maximum absolute atomic E-state index is 12.8. The largest absolute Gasteiger partial charge is 0.459 e. The molecule has 0 aliphatic carbocycles. The van der Waals surface area contributed by atoms with Crippen molar-refractivity contribution in [2.45, 2.75) is 31.3 Å². The molecule has 1 fully saturated rings. The number of allylic oxidation sites excluding steroid dienone is 1. The van der Waals surface area contributed by atoms with Gasteiger partial charge in [0.1, 0.15) is 25.0 Å². The second kappa shape index (κ2) is 11.6. The van der Waals surface area contributed by atoms with Crippen LogP contribution in [0.1, 0.15) is 38.9 Å². The first-order valence-corrected chi connectivity index (χ1v) is 12.0. The van der Waals surface area contributed by atoms with Gasteiger partial charge in [0.05, 0.1) is 11.1 Å². The molecular weight excluding hydrogens is 523 g/mol. The van der Waals surface area contributed by atoms with Crippen LogP contribution in [0.2, 0.25) is 10.0 Å². The average molecular weight is 545 g/mol. The van der Waals surface area contributed by atoms with Crippen LogP contribution < -0.4 is 11.2 Å². The third kappa shape index (κ3) is 6.37. The van der Waals surface area contributed by atoms with Gasteiger partial charge >= 0.3 is 17.6 Å². The summed E-state index contributed by atoms with van der Waals surface area (Å²) in [6.45, 7) is 3.36. The summed E-state index contributed by atoms with van der Waals surface area (Å²) in [4.78, 5) is 52.2. The SMILES string of the molecule is C=CCc1cn([C@@H]2C[C@@H](OC(=O)c3ccc(Cl)cc3)[C@H](COC(=O)c3ccc(Cl)cc3)O2)c(=O)[nH]c1=O. The van der Waals surface area contributed by atoms with Crippen LogP contribution in [0.3, 0.4) is 0 Å². The molecule has 0 saturated carbocycles. The lowest BCUT2D eigenvalue weighted by Gasteiger charge is -2.19. The number of benzene rings is 2. The highest BCUT2D eigenvalue weighted by Crippen LogP contribution is 2.31. The Morgan fingerprint density at radius 1 is 1.03 bits per heavy atom. The van der Waals surface area contributed by atoms with Gasteiger partial charge in [0.25, 0.3) is 5.56 Å². The summed E-state index contributed by atoms with van der Waals surface area (Å²) in [7, 11) is 0. The molecule has 1 saturated heterocycles. The van der Waals surface area contributed by atoms with Gasteiger partial charge in [-0.15, -0.1) is 6.58 Å². The Hall–Kier alpha value is -3.66. The summed E-state index contributed by atoms with van der Waals surface area (Å²) in [6.07, 6.45) is 0.571. The van der Waals surface area contributed by atoms with Gasteiger partial charge in [0.15, 0.2) is 0 Å². The fraction of sp³-hybridized carbons (Fsp3) is 0.231. The van der Waals surface area contributed by atoms with E-state index in [9.17, 15) is 19.2 Å². The topological polar surface area (TPSA) is 117 Å². The van der Waals surface area contributed by atoms with Crippen LogP contribution in [-0.2, 0) is 20.6 Å². The van der Waals surface area contributed by atoms with Gasteiger partial charge in [-0.3, -0.25) is 14.3 Å². The third-order valence-corrected chi connectivity index (χ3v) is 6.20. The van der Waals surface area contributed by atoms with Crippen molar-refractivity contribution in [3.8, 4) is 0 Å². The van der Waals surface area contributed by atoms with Crippen molar-refractivity contribution in [3.63, 3.8) is 0 Å². The van der Waals surface area contributed by atoms with Gasteiger partial charge in [-0.25, -0.2) is 14.4 Å². The van der Waals surface area contributed by atoms with E-state index < -0.39 is 41.6 Å². The highest BCUT2D eigenvalue weighted by Gasteiger charge is 2.40. The molecule has 0 amide bonds. The van der Waals surface area contributed by atoms with Gasteiger partial charge < -0.3 is 14.2 Å². The molecule has 3 aromatic rings. The Labute approximate surface area is 221 Å². The number of rotatable bonds is 8. The highest BCUT2D eigenvalue weighted by molar-refractivity contribution is 6.31. The molecule has 2 aromatic carbocycles. The molecule has 1 aliphatic heterocycles. The minimum absolute atomic E-state index is 0.0714. The second-order valence-corrected chi connectivity index (χ2v) is 9.11. The molecule has 0 unspecified atom stereocenters. The van der Waals surface area contributed by atoms with Crippen LogP contribution in [-0.4, -0.2) is 40.3 Å². The van der Waals surface area contributed by atoms with Crippen LogP contribution in [0.25, 0.3) is 0 Å². The predicted octanol–water partition coefficient (Wildman–Crippen LogP) is 3.94. The molecule has 1 aromatic heterocycles. The number of H-pyrrole nitrogens is 1. The monoisotopic (exact) mass is 544 g/mol. The summed E-state index contributed by atoms with van der Waals surface area (Å²) >= 11 is 11.8. The summed E-state index contributed by atoms with van der Waals surface area (Å²) in [5, 5.41) is 0.926. The molecule has 0 spiro atoms. The van der Waals surface area contributed by atoms with Crippen LogP contribution in [0.4, 0.5) is 0 Å². The first kappa shape index (κ1) is 26.4. The Morgan fingerprint density at radius 2 is 1.62 bits per heavy atom. The van der Waals surface area contributed by atoms with E-state index in [4.69, 9.17) is 37.4 Å². The molecule has 192 valence electrons. The number of ether oxygens (including phenoxy) is 3. The van der Waals surface area contributed by atoms with Gasteiger partial charge in [0.2, 0.25) is 0 Å². The Balaban J connectivity index is 1.55. The molecular formula is C26H22Cl2N2O7. The van der Waals surface area contributed by atoms with Gasteiger partial charge in [-0.2, -0.15) is 0 Å². The summed E-state index contributed by atoms with van der Waals surface area (Å²) in [5.41, 5.74) is -0.368. The third-order valence-electron chi connectivity index (χ3n) is 5.69. The Bertz CT molecular complexity index is 1410. The fourth-order valence-electron chi connectivity index (χ4n) is 3.81. The minimum atomic E-state index is -0.893. The van der Waals surface area contributed by atoms with Crippen molar-refractivity contribution in [3.05, 3.63) is 115 Å². The van der Waals surface area contributed by atoms with Crippen LogP contribution in [0.15, 0.2) is 77.0 Å². The number of hydrogen-bond donors (Lipinski definition) is 1. The number of aromatic amines is 1. The molecule has 3 atom stereocenters. The van der Waals surface area contributed by atoms with Crippen LogP contribution in [0.5, 0.6) is 0 Å². The molecule has 1 aliphatic rings. The van der Waals surface area contributed by atoms with Gasteiger partial charge in [-0.05, 0) is 55.0 Å². The van der Waals surface area contributed by atoms with E-state index >= 15 is 0 Å². The van der Waals surface area contributed by atoms with E-state index in [0.29, 0.717) is 15.6 Å². The van der Waals surface area contributed by atoms with E-state index in [-0.39, 0.29) is 30.6 Å². The highest BCUT2D eigenvalue weighted by atomic mass is 35.5. The number of esters is 2. The molecule has 0 bridgehead atoms. The Kier molecular flexibility index (Phi) is 8.27. The van der Waals surface area contributed by atoms with E-state index in [2.05, 4.69) is 11.6 Å². The first-order valence-electron chi connectivity index (χ1n) is 11.2. The standard InChI is InChI=1S/C26H22Cl2N2O7/c1-2-3-17-13-30(26(34)29-23(17)31)22-12-20(37-25(33)16-6-10-19(28)11-7-16)21(36-22)14-35-24(32)15-4-8-18(27)9-5-15/h2,4-11,13,20-22H,1,3,12,14H2,(H,29,31,34)/t20-,21+,22+/m1/s1. The minimum Gasteiger partial charge on any atom is -0.459 e. The maximum atomic E-state index is 12.8. The first-order chi connectivity index (χ1) is 17.7. The zero-order valence-corrected chi connectivity index (χ0v) is 20.9. The maximum Gasteiger partial charge on any atom is 0.338 e. The smallest absolute Gasteiger partial charge is 0.338 e. The van der Waals surface area contributed by atoms with Crippen molar-refractivity contribution < 1.29 is 23.8 Å². The van der Waals surface area contributed by atoms with Crippen molar-refractivity contribution in [2.24, 2.45) is 0 Å². The number of hydrogen-bond acceptors (Lipinski definition) is 7. The molecule has 4 rings (SSSR count). The Morgan fingerprint density at radius 3 is 2.22 bits per heavy atom. The lowest BCUT2D eigenvalue weighted by Crippen LogP contribution is -2.34. The number of halogens is 2. The quantitative estimate of drug-likeness (QED) is 0.337. The van der Waals surface area contributed by atoms with E-state index in [0.717, 1.165) is 0 Å². The van der Waals surface area contributed by atoms with Crippen molar-refractivity contribution in [2.75, 3.05) is 6.61 Å². The number of nitrogens with zero attached hydrogens (tertiary/aromatic N) is 1. The lowest BCUT2D eigenvalue weighted by molar-refractivity contribution is -0.0582. The molecule has 0 radical (unpaired) electrons. The van der Waals surface area contributed by atoms with Crippen molar-refractivity contribution in [1.82, 2.24) is 9.55 Å². The molecule has 1 N–H and O–H groups in total. The predicted molar refractivity (Wildman–Crippen MR) is 136 cm³/mol. The van der Waals surface area contributed by atoms with Gasteiger partial charge in [-0.1, -0.05) is 29.3 Å².